The zero-order valence-corrected chi connectivity index (χ0v) is 20.2. The molecule has 0 aliphatic heterocycles. The Labute approximate surface area is 187 Å². The fourth-order valence-corrected chi connectivity index (χ4v) is 5.57. The molecule has 0 fully saturated rings. The molecule has 0 aliphatic carbocycles. The van der Waals surface area contributed by atoms with Crippen LogP contribution >= 0.6 is 0 Å². The first-order valence-electron chi connectivity index (χ1n) is 10.8. The maximum Gasteiger partial charge on any atom is 0.240 e. The molecule has 0 bridgehead atoms. The molecule has 1 unspecified atom stereocenters. The summed E-state index contributed by atoms with van der Waals surface area (Å²) in [5.74, 6) is 0. The van der Waals surface area contributed by atoms with Gasteiger partial charge in [0, 0.05) is 12.6 Å². The number of hydrogen-bond donors (Lipinski definition) is 2. The van der Waals surface area contributed by atoms with Gasteiger partial charge in [-0.15, -0.1) is 0 Å². The molecule has 2 rings (SSSR count). The van der Waals surface area contributed by atoms with Gasteiger partial charge in [-0.1, -0.05) is 74.4 Å². The van der Waals surface area contributed by atoms with E-state index in [0.717, 1.165) is 43.2 Å². The molecule has 0 saturated carbocycles. The van der Waals surface area contributed by atoms with E-state index in [2.05, 4.69) is 16.4 Å². The van der Waals surface area contributed by atoms with Gasteiger partial charge < -0.3 is 0 Å². The Morgan fingerprint density at radius 1 is 0.710 bits per heavy atom. The number of unbranched alkanes of at least 4 members (excludes halogenated alkanes) is 4. The van der Waals surface area contributed by atoms with Gasteiger partial charge in [-0.25, -0.2) is 26.3 Å². The summed E-state index contributed by atoms with van der Waals surface area (Å²) >= 11 is 0. The van der Waals surface area contributed by atoms with Gasteiger partial charge in [-0.3, -0.25) is 0 Å². The van der Waals surface area contributed by atoms with Gasteiger partial charge in [0.25, 0.3) is 0 Å². The van der Waals surface area contributed by atoms with Crippen LogP contribution in [0, 0.1) is 13.8 Å². The van der Waals surface area contributed by atoms with E-state index in [1.165, 1.54) is 0 Å². The van der Waals surface area contributed by atoms with E-state index in [1.807, 2.05) is 13.8 Å². The molecule has 0 radical (unpaired) electrons. The number of hydrogen-bond acceptors (Lipinski definition) is 4. The summed E-state index contributed by atoms with van der Waals surface area (Å²) in [6.45, 7) is 5.91. The van der Waals surface area contributed by atoms with Crippen LogP contribution in [0.5, 0.6) is 0 Å². The van der Waals surface area contributed by atoms with E-state index < -0.39 is 26.1 Å². The Balaban J connectivity index is 2.09. The number of aryl methyl sites for hydroxylation is 2. The van der Waals surface area contributed by atoms with Crippen molar-refractivity contribution < 1.29 is 16.8 Å². The van der Waals surface area contributed by atoms with E-state index in [1.54, 1.807) is 48.5 Å². The third-order valence-corrected chi connectivity index (χ3v) is 8.14. The summed E-state index contributed by atoms with van der Waals surface area (Å²) in [5.41, 5.74) is 1.94. The number of nitrogens with one attached hydrogen (secondary N) is 2. The summed E-state index contributed by atoms with van der Waals surface area (Å²) < 4.78 is 56.2. The molecule has 0 aliphatic rings. The van der Waals surface area contributed by atoms with Crippen LogP contribution in [0.4, 0.5) is 0 Å². The molecule has 2 N–H and O–H groups in total. The van der Waals surface area contributed by atoms with Gasteiger partial charge in [0.15, 0.2) is 0 Å². The summed E-state index contributed by atoms with van der Waals surface area (Å²) in [7, 11) is -7.47. The summed E-state index contributed by atoms with van der Waals surface area (Å²) in [4.78, 5) is 0.344. The van der Waals surface area contributed by atoms with Gasteiger partial charge in [0.1, 0.15) is 0 Å². The zero-order valence-electron chi connectivity index (χ0n) is 18.6. The van der Waals surface area contributed by atoms with Crippen LogP contribution in [0.15, 0.2) is 58.3 Å². The molecule has 1 atom stereocenters. The molecule has 2 aromatic carbocycles. The Morgan fingerprint density at radius 2 is 1.19 bits per heavy atom. The molecule has 2 aromatic rings. The lowest BCUT2D eigenvalue weighted by Crippen LogP contribution is -2.43. The highest BCUT2D eigenvalue weighted by Crippen LogP contribution is 2.15. The van der Waals surface area contributed by atoms with Crippen molar-refractivity contribution in [3.05, 3.63) is 59.7 Å². The largest absolute Gasteiger partial charge is 0.240 e. The first kappa shape index (κ1) is 25.5. The van der Waals surface area contributed by atoms with Gasteiger partial charge in [-0.2, -0.15) is 0 Å². The second-order valence-corrected chi connectivity index (χ2v) is 11.5. The third kappa shape index (κ3) is 8.37. The number of rotatable bonds is 13. The Kier molecular flexibility index (Phi) is 9.68. The summed E-state index contributed by atoms with van der Waals surface area (Å²) in [6.07, 6.45) is 5.72. The molecular formula is C23H34N2O4S2. The predicted molar refractivity (Wildman–Crippen MR) is 125 cm³/mol. The van der Waals surface area contributed by atoms with Crippen LogP contribution in [0.25, 0.3) is 0 Å². The van der Waals surface area contributed by atoms with Crippen LogP contribution in [0.1, 0.15) is 56.6 Å². The van der Waals surface area contributed by atoms with Crippen molar-refractivity contribution in [3.63, 3.8) is 0 Å². The van der Waals surface area contributed by atoms with Crippen molar-refractivity contribution in [1.29, 1.82) is 0 Å². The first-order chi connectivity index (χ1) is 14.6. The Bertz CT molecular complexity index is 1020. The first-order valence-corrected chi connectivity index (χ1v) is 13.8. The highest BCUT2D eigenvalue weighted by molar-refractivity contribution is 7.90. The van der Waals surface area contributed by atoms with Crippen LogP contribution < -0.4 is 9.44 Å². The van der Waals surface area contributed by atoms with Crippen LogP contribution in [-0.4, -0.2) is 29.4 Å². The summed E-state index contributed by atoms with van der Waals surface area (Å²) in [6, 6.07) is 12.6. The van der Waals surface area contributed by atoms with E-state index in [9.17, 15) is 16.8 Å². The van der Waals surface area contributed by atoms with E-state index in [0.29, 0.717) is 6.42 Å². The minimum atomic E-state index is -3.75. The molecule has 6 nitrogen and oxygen atoms in total. The number of sulfonamides is 2. The molecule has 8 heteroatoms. The van der Waals surface area contributed by atoms with Gasteiger partial charge in [0.2, 0.25) is 20.0 Å². The maximum atomic E-state index is 12.8. The van der Waals surface area contributed by atoms with E-state index >= 15 is 0 Å². The fraction of sp³-hybridized carbons (Fsp3) is 0.478. The Morgan fingerprint density at radius 3 is 1.71 bits per heavy atom. The van der Waals surface area contributed by atoms with Gasteiger partial charge in [-0.05, 0) is 44.5 Å². The van der Waals surface area contributed by atoms with Crippen molar-refractivity contribution in [2.24, 2.45) is 0 Å². The van der Waals surface area contributed by atoms with Crippen molar-refractivity contribution in [2.75, 3.05) is 6.54 Å². The van der Waals surface area contributed by atoms with Gasteiger partial charge in [0.05, 0.1) is 9.79 Å². The maximum absolute atomic E-state index is 12.8. The zero-order chi connectivity index (χ0) is 22.9. The standard InChI is InChI=1S/C23H34N2O4S2/c1-4-5-6-7-8-9-21(25-31(28,29)23-16-12-20(3)13-17-23)18-24-30(26,27)22-14-10-19(2)11-15-22/h10-17,21,24-25H,4-9,18H2,1-3H3. The molecular weight excluding hydrogens is 432 g/mol. The minimum absolute atomic E-state index is 0.00488. The smallest absolute Gasteiger partial charge is 0.210 e. The van der Waals surface area contributed by atoms with E-state index in [4.69, 9.17) is 0 Å². The highest BCUT2D eigenvalue weighted by atomic mass is 32.2. The monoisotopic (exact) mass is 466 g/mol. The second-order valence-electron chi connectivity index (χ2n) is 8.00. The fourth-order valence-electron chi connectivity index (χ4n) is 3.21. The van der Waals surface area contributed by atoms with Crippen LogP contribution in [-0.2, 0) is 20.0 Å². The van der Waals surface area contributed by atoms with Crippen molar-refractivity contribution in [3.8, 4) is 0 Å². The molecule has 172 valence electrons. The molecule has 0 amide bonds. The molecule has 0 saturated heterocycles. The average molecular weight is 467 g/mol. The van der Waals surface area contributed by atoms with Crippen molar-refractivity contribution in [1.82, 2.24) is 9.44 Å². The average Bonchev–Trinajstić information content (AvgIpc) is 2.72. The highest BCUT2D eigenvalue weighted by Gasteiger charge is 2.22. The molecule has 0 heterocycles. The topological polar surface area (TPSA) is 92.3 Å². The van der Waals surface area contributed by atoms with Gasteiger partial charge >= 0.3 is 0 Å². The lowest BCUT2D eigenvalue weighted by atomic mass is 10.1. The normalized spacial score (nSPS) is 13.3. The lowest BCUT2D eigenvalue weighted by Gasteiger charge is -2.20. The van der Waals surface area contributed by atoms with Crippen LogP contribution in [0.2, 0.25) is 0 Å². The predicted octanol–water partition coefficient (Wildman–Crippen LogP) is 4.29. The SMILES string of the molecule is CCCCCCCC(CNS(=O)(=O)c1ccc(C)cc1)NS(=O)(=O)c1ccc(C)cc1. The minimum Gasteiger partial charge on any atom is -0.210 e. The number of benzene rings is 2. The second kappa shape index (κ2) is 11.8. The van der Waals surface area contributed by atoms with Crippen LogP contribution in [0.3, 0.4) is 0 Å². The van der Waals surface area contributed by atoms with Crippen molar-refractivity contribution in [2.45, 2.75) is 75.1 Å². The summed E-state index contributed by atoms with van der Waals surface area (Å²) in [5, 5.41) is 0. The Hall–Kier alpha value is -1.74. The lowest BCUT2D eigenvalue weighted by molar-refractivity contribution is 0.486. The quantitative estimate of drug-likeness (QED) is 0.431. The third-order valence-electron chi connectivity index (χ3n) is 5.16. The van der Waals surface area contributed by atoms with E-state index in [-0.39, 0.29) is 16.3 Å². The van der Waals surface area contributed by atoms with Crippen molar-refractivity contribution >= 4 is 20.0 Å². The molecule has 0 spiro atoms. The molecule has 31 heavy (non-hydrogen) atoms. The molecule has 0 aromatic heterocycles.